The third kappa shape index (κ3) is 11.2. The van der Waals surface area contributed by atoms with E-state index in [4.69, 9.17) is 20.3 Å². The van der Waals surface area contributed by atoms with Crippen molar-refractivity contribution >= 4 is 7.69 Å². The van der Waals surface area contributed by atoms with E-state index in [1.807, 2.05) is 6.07 Å². The Bertz CT molecular complexity index is 199. The monoisotopic (exact) mass is 232 g/mol. The zero-order valence-electron chi connectivity index (χ0n) is 10.2. The number of aromatic nitrogens is 2. The van der Waals surface area contributed by atoms with Gasteiger partial charge in [-0.25, -0.2) is 0 Å². The Morgan fingerprint density at radius 1 is 1.06 bits per heavy atom. The molecule has 0 fully saturated rings. The lowest BCUT2D eigenvalue weighted by Crippen LogP contribution is -2.44. The molecule has 1 aromatic rings. The number of hydrogen-bond acceptors (Lipinski definition) is 5. The molecule has 0 atom stereocenters. The molecule has 0 aliphatic heterocycles. The van der Waals surface area contributed by atoms with Gasteiger partial charge < -0.3 is 20.3 Å². The zero-order valence-corrected chi connectivity index (χ0v) is 10.2. The summed E-state index contributed by atoms with van der Waals surface area (Å²) in [5.41, 5.74) is -2.01. The highest BCUT2D eigenvalue weighted by molar-refractivity contribution is 6.13. The molecule has 94 valence electrons. The van der Waals surface area contributed by atoms with E-state index in [0.717, 1.165) is 0 Å². The zero-order chi connectivity index (χ0) is 13.2. The molecule has 5 N–H and O–H groups in total. The lowest BCUT2D eigenvalue weighted by atomic mass is 9.90. The smallest absolute Gasteiger partial charge is 0.430 e. The molecule has 1 rings (SSSR count). The molecule has 16 heavy (non-hydrogen) atoms. The Morgan fingerprint density at radius 3 is 1.50 bits per heavy atom. The fraction of sp³-hybridized carbons (Fsp3) is 0.667. The van der Waals surface area contributed by atoms with Gasteiger partial charge in [-0.1, -0.05) is 0 Å². The summed E-state index contributed by atoms with van der Waals surface area (Å²) in [6.07, 6.45) is 3.46. The maximum Gasteiger partial charge on any atom is 0.432 e. The number of aromatic amines is 1. The second kappa shape index (κ2) is 8.29. The summed E-state index contributed by atoms with van der Waals surface area (Å²) in [4.78, 5) is 0. The predicted octanol–water partition coefficient (Wildman–Crippen LogP) is -0.825. The van der Waals surface area contributed by atoms with Crippen molar-refractivity contribution in [3.8, 4) is 0 Å². The Balaban J connectivity index is 0. The van der Waals surface area contributed by atoms with Gasteiger partial charge in [0.25, 0.3) is 0 Å². The SMILES string of the molecule is CC(C)(O)C(C)(C)O.OBO.c1cn[nH]c1. The third-order valence-electron chi connectivity index (χ3n) is 1.90. The molecule has 1 aromatic heterocycles. The van der Waals surface area contributed by atoms with Crippen LogP contribution in [0.1, 0.15) is 27.7 Å². The number of nitrogens with one attached hydrogen (secondary N) is 1. The predicted molar refractivity (Wildman–Crippen MR) is 62.8 cm³/mol. The van der Waals surface area contributed by atoms with Crippen LogP contribution in [0.2, 0.25) is 0 Å². The van der Waals surface area contributed by atoms with Crippen molar-refractivity contribution in [1.29, 1.82) is 0 Å². The van der Waals surface area contributed by atoms with Crippen molar-refractivity contribution < 1.29 is 20.3 Å². The summed E-state index contributed by atoms with van der Waals surface area (Å²) in [7, 11) is -0.750. The van der Waals surface area contributed by atoms with Crippen LogP contribution in [0.15, 0.2) is 18.5 Å². The molecule has 0 aliphatic rings. The first-order valence-corrected chi connectivity index (χ1v) is 4.77. The molecule has 0 aliphatic carbocycles. The Morgan fingerprint density at radius 2 is 1.44 bits per heavy atom. The largest absolute Gasteiger partial charge is 0.432 e. The van der Waals surface area contributed by atoms with Gasteiger partial charge >= 0.3 is 7.69 Å². The van der Waals surface area contributed by atoms with E-state index < -0.39 is 18.9 Å². The maximum absolute atomic E-state index is 9.10. The van der Waals surface area contributed by atoms with Crippen LogP contribution < -0.4 is 0 Å². The molecule has 0 saturated heterocycles. The molecule has 0 radical (unpaired) electrons. The molecule has 0 saturated carbocycles. The van der Waals surface area contributed by atoms with Gasteiger partial charge in [0.1, 0.15) is 0 Å². The summed E-state index contributed by atoms with van der Waals surface area (Å²) < 4.78 is 0. The second-order valence-electron chi connectivity index (χ2n) is 4.03. The first-order valence-electron chi connectivity index (χ1n) is 4.77. The van der Waals surface area contributed by atoms with Crippen LogP contribution in [-0.2, 0) is 0 Å². The Kier molecular flexibility index (Phi) is 9.07. The van der Waals surface area contributed by atoms with Crippen molar-refractivity contribution in [1.82, 2.24) is 10.2 Å². The number of aliphatic hydroxyl groups is 2. The molecule has 0 unspecified atom stereocenters. The quantitative estimate of drug-likeness (QED) is 0.406. The van der Waals surface area contributed by atoms with Crippen LogP contribution in [0.3, 0.4) is 0 Å². The highest BCUT2D eigenvalue weighted by atomic mass is 16.4. The van der Waals surface area contributed by atoms with Crippen LogP contribution in [0.5, 0.6) is 0 Å². The number of rotatable bonds is 1. The van der Waals surface area contributed by atoms with Crippen molar-refractivity contribution in [2.24, 2.45) is 0 Å². The molecule has 0 amide bonds. The van der Waals surface area contributed by atoms with E-state index in [1.165, 1.54) is 0 Å². The molecule has 7 heteroatoms. The van der Waals surface area contributed by atoms with Crippen molar-refractivity contribution in [3.05, 3.63) is 18.5 Å². The van der Waals surface area contributed by atoms with Gasteiger partial charge in [-0.3, -0.25) is 5.10 Å². The molecular weight excluding hydrogens is 211 g/mol. The number of nitrogens with zero attached hydrogens (tertiary/aromatic N) is 1. The maximum atomic E-state index is 9.10. The van der Waals surface area contributed by atoms with Crippen LogP contribution in [0, 0.1) is 0 Å². The van der Waals surface area contributed by atoms with E-state index >= 15 is 0 Å². The van der Waals surface area contributed by atoms with Gasteiger partial charge in [0.05, 0.1) is 11.2 Å². The van der Waals surface area contributed by atoms with Gasteiger partial charge in [0.15, 0.2) is 0 Å². The summed E-state index contributed by atoms with van der Waals surface area (Å²) in [5, 5.41) is 38.7. The van der Waals surface area contributed by atoms with Crippen LogP contribution in [-0.4, -0.2) is 49.3 Å². The summed E-state index contributed by atoms with van der Waals surface area (Å²) in [6.45, 7) is 6.31. The number of H-pyrrole nitrogens is 1. The lowest BCUT2D eigenvalue weighted by Gasteiger charge is -2.31. The van der Waals surface area contributed by atoms with E-state index in [0.29, 0.717) is 0 Å². The molecule has 0 aromatic carbocycles. The summed E-state index contributed by atoms with van der Waals surface area (Å²) in [5.74, 6) is 0. The van der Waals surface area contributed by atoms with Gasteiger partial charge in [0, 0.05) is 12.4 Å². The normalized spacial score (nSPS) is 10.5. The van der Waals surface area contributed by atoms with Crippen LogP contribution >= 0.6 is 0 Å². The van der Waals surface area contributed by atoms with Crippen molar-refractivity contribution in [3.63, 3.8) is 0 Å². The second-order valence-corrected chi connectivity index (χ2v) is 4.03. The van der Waals surface area contributed by atoms with Crippen molar-refractivity contribution in [2.75, 3.05) is 0 Å². The highest BCUT2D eigenvalue weighted by Gasteiger charge is 2.31. The molecule has 1 heterocycles. The fourth-order valence-electron chi connectivity index (χ4n) is 0.215. The topological polar surface area (TPSA) is 110 Å². The van der Waals surface area contributed by atoms with E-state index in [1.54, 1.807) is 40.1 Å². The van der Waals surface area contributed by atoms with Crippen LogP contribution in [0.25, 0.3) is 0 Å². The van der Waals surface area contributed by atoms with E-state index in [9.17, 15) is 0 Å². The van der Waals surface area contributed by atoms with Crippen molar-refractivity contribution in [2.45, 2.75) is 38.9 Å². The van der Waals surface area contributed by atoms with E-state index in [-0.39, 0.29) is 0 Å². The summed E-state index contributed by atoms with van der Waals surface area (Å²) in [6, 6.07) is 1.83. The average Bonchev–Trinajstić information content (AvgIpc) is 2.57. The minimum absolute atomic E-state index is 0.750. The summed E-state index contributed by atoms with van der Waals surface area (Å²) >= 11 is 0. The lowest BCUT2D eigenvalue weighted by molar-refractivity contribution is -0.107. The van der Waals surface area contributed by atoms with E-state index in [2.05, 4.69) is 10.2 Å². The highest BCUT2D eigenvalue weighted by Crippen LogP contribution is 2.19. The van der Waals surface area contributed by atoms with Gasteiger partial charge in [-0.15, -0.1) is 0 Å². The van der Waals surface area contributed by atoms with Crippen LogP contribution in [0.4, 0.5) is 0 Å². The standard InChI is InChI=1S/C6H14O2.C3H4N2.BH3O2/c1-5(2,7)6(3,4)8;1-2-4-5-3-1;2-1-3/h7-8H,1-4H3;1-3H,(H,4,5);1-3H. The third-order valence-corrected chi connectivity index (χ3v) is 1.90. The first-order chi connectivity index (χ1) is 7.16. The number of hydrogen-bond donors (Lipinski definition) is 5. The Labute approximate surface area is 96.3 Å². The molecular formula is C9H21BN2O4. The van der Waals surface area contributed by atoms with Gasteiger partial charge in [-0.2, -0.15) is 5.10 Å². The minimum atomic E-state index is -1.01. The molecule has 6 nitrogen and oxygen atoms in total. The first kappa shape index (κ1) is 17.5. The molecule has 0 spiro atoms. The fourth-order valence-corrected chi connectivity index (χ4v) is 0.215. The minimum Gasteiger partial charge on any atom is -0.430 e. The van der Waals surface area contributed by atoms with Gasteiger partial charge in [-0.05, 0) is 33.8 Å². The van der Waals surface area contributed by atoms with Gasteiger partial charge in [0.2, 0.25) is 0 Å². The molecule has 0 bridgehead atoms. The average molecular weight is 232 g/mol. The Hall–Kier alpha value is -0.885.